The Morgan fingerprint density at radius 2 is 2.07 bits per heavy atom. The Hall–Kier alpha value is -2.79. The number of nitrogens with zero attached hydrogens (tertiary/aromatic N) is 3. The normalized spacial score (nSPS) is 13.4. The zero-order valence-electron chi connectivity index (χ0n) is 15.9. The number of hydrogen-bond acceptors (Lipinski definition) is 4. The van der Waals surface area contributed by atoms with Gasteiger partial charge in [-0.25, -0.2) is 4.98 Å². The van der Waals surface area contributed by atoms with Gasteiger partial charge in [-0.15, -0.1) is 11.8 Å². The van der Waals surface area contributed by atoms with Gasteiger partial charge >= 0.3 is 0 Å². The Morgan fingerprint density at radius 3 is 2.89 bits per heavy atom. The van der Waals surface area contributed by atoms with Crippen LogP contribution >= 0.6 is 11.8 Å². The van der Waals surface area contributed by atoms with E-state index in [-0.39, 0.29) is 5.56 Å². The van der Waals surface area contributed by atoms with Crippen molar-refractivity contribution in [3.63, 3.8) is 0 Å². The average Bonchev–Trinajstić information content (AvgIpc) is 2.75. The number of rotatable bonds is 6. The highest BCUT2D eigenvalue weighted by Crippen LogP contribution is 2.21. The molecule has 0 N–H and O–H groups in total. The molecule has 3 aromatic rings. The summed E-state index contributed by atoms with van der Waals surface area (Å²) in [6.45, 7) is 1.87. The average molecular weight is 390 g/mol. The summed E-state index contributed by atoms with van der Waals surface area (Å²) in [7, 11) is 0. The van der Waals surface area contributed by atoms with Gasteiger partial charge in [0.05, 0.1) is 5.69 Å². The SMILES string of the molecule is CSc1cccc(-n2c(=O)c(CCCN3C=CC=CC3)cc3cccnc32)c1. The van der Waals surface area contributed by atoms with Crippen LogP contribution in [0.5, 0.6) is 0 Å². The summed E-state index contributed by atoms with van der Waals surface area (Å²) in [5.74, 6) is 0. The van der Waals surface area contributed by atoms with E-state index in [1.807, 2.05) is 36.6 Å². The first kappa shape index (κ1) is 18.6. The lowest BCUT2D eigenvalue weighted by atomic mass is 10.1. The molecule has 4 nitrogen and oxygen atoms in total. The quantitative estimate of drug-likeness (QED) is 0.585. The number of benzene rings is 1. The molecule has 142 valence electrons. The van der Waals surface area contributed by atoms with Crippen molar-refractivity contribution in [2.45, 2.75) is 17.7 Å². The van der Waals surface area contributed by atoms with Crippen LogP contribution in [0.25, 0.3) is 16.7 Å². The van der Waals surface area contributed by atoms with E-state index in [9.17, 15) is 4.79 Å². The van der Waals surface area contributed by atoms with Gasteiger partial charge in [0.25, 0.3) is 5.56 Å². The second-order valence-corrected chi connectivity index (χ2v) is 7.68. The fraction of sp³-hybridized carbons (Fsp3) is 0.217. The fourth-order valence-electron chi connectivity index (χ4n) is 3.51. The van der Waals surface area contributed by atoms with E-state index in [1.165, 1.54) is 0 Å². The van der Waals surface area contributed by atoms with Crippen molar-refractivity contribution < 1.29 is 0 Å². The van der Waals surface area contributed by atoms with Crippen molar-refractivity contribution >= 4 is 22.8 Å². The molecule has 0 radical (unpaired) electrons. The molecule has 0 unspecified atom stereocenters. The first-order valence-electron chi connectivity index (χ1n) is 9.48. The summed E-state index contributed by atoms with van der Waals surface area (Å²) in [6.07, 6.45) is 13.8. The van der Waals surface area contributed by atoms with Gasteiger partial charge in [0.1, 0.15) is 5.65 Å². The van der Waals surface area contributed by atoms with Crippen LogP contribution in [0.1, 0.15) is 12.0 Å². The largest absolute Gasteiger partial charge is 0.374 e. The number of aromatic nitrogens is 2. The number of thioether (sulfide) groups is 1. The number of aryl methyl sites for hydroxylation is 1. The molecule has 4 rings (SSSR count). The fourth-order valence-corrected chi connectivity index (χ4v) is 3.97. The van der Waals surface area contributed by atoms with E-state index < -0.39 is 0 Å². The molecule has 1 aliphatic rings. The standard InChI is InChI=1S/C23H23N3OS/c1-28-21-11-5-10-20(17-21)26-22-18(8-6-12-24-22)16-19(23(26)27)9-7-15-25-13-3-2-4-14-25/h2-6,8,10-13,16-17H,7,9,14-15H2,1H3. The number of hydrogen-bond donors (Lipinski definition) is 0. The molecule has 0 saturated carbocycles. The van der Waals surface area contributed by atoms with Crippen LogP contribution in [0.2, 0.25) is 0 Å². The first-order valence-corrected chi connectivity index (χ1v) is 10.7. The van der Waals surface area contributed by atoms with Crippen molar-refractivity contribution in [3.05, 3.63) is 89.0 Å². The Kier molecular flexibility index (Phi) is 5.63. The summed E-state index contributed by atoms with van der Waals surface area (Å²) in [5, 5.41) is 0.993. The maximum Gasteiger partial charge on any atom is 0.259 e. The highest BCUT2D eigenvalue weighted by molar-refractivity contribution is 7.98. The van der Waals surface area contributed by atoms with Gasteiger partial charge in [0, 0.05) is 35.1 Å². The van der Waals surface area contributed by atoms with Gasteiger partial charge in [-0.1, -0.05) is 18.2 Å². The van der Waals surface area contributed by atoms with E-state index in [2.05, 4.69) is 46.4 Å². The third kappa shape index (κ3) is 3.90. The first-order chi connectivity index (χ1) is 13.8. The molecule has 3 heterocycles. The predicted octanol–water partition coefficient (Wildman–Crippen LogP) is 4.43. The number of pyridine rings is 2. The third-order valence-electron chi connectivity index (χ3n) is 4.92. The zero-order chi connectivity index (χ0) is 19.3. The van der Waals surface area contributed by atoms with Crippen LogP contribution in [-0.4, -0.2) is 33.8 Å². The van der Waals surface area contributed by atoms with Gasteiger partial charge in [-0.3, -0.25) is 9.36 Å². The van der Waals surface area contributed by atoms with Crippen LogP contribution < -0.4 is 5.56 Å². The van der Waals surface area contributed by atoms with E-state index in [4.69, 9.17) is 0 Å². The summed E-state index contributed by atoms with van der Waals surface area (Å²) in [5.41, 5.74) is 2.44. The third-order valence-corrected chi connectivity index (χ3v) is 5.65. The number of fused-ring (bicyclic) bond motifs is 1. The highest BCUT2D eigenvalue weighted by atomic mass is 32.2. The Labute approximate surface area is 169 Å². The van der Waals surface area contributed by atoms with Gasteiger partial charge in [-0.05, 0) is 67.8 Å². The molecule has 0 bridgehead atoms. The second kappa shape index (κ2) is 8.48. The van der Waals surface area contributed by atoms with Crippen LogP contribution in [0.3, 0.4) is 0 Å². The van der Waals surface area contributed by atoms with E-state index in [0.29, 0.717) is 5.65 Å². The topological polar surface area (TPSA) is 38.1 Å². The molecule has 0 spiro atoms. The minimum Gasteiger partial charge on any atom is -0.374 e. The Balaban J connectivity index is 1.69. The lowest BCUT2D eigenvalue weighted by Gasteiger charge is -2.20. The Morgan fingerprint density at radius 1 is 1.14 bits per heavy atom. The van der Waals surface area contributed by atoms with Crippen LogP contribution in [-0.2, 0) is 6.42 Å². The summed E-state index contributed by atoms with van der Waals surface area (Å²) < 4.78 is 1.76. The van der Waals surface area contributed by atoms with Crippen molar-refractivity contribution in [3.8, 4) is 5.69 Å². The lowest BCUT2D eigenvalue weighted by Crippen LogP contribution is -2.25. The van der Waals surface area contributed by atoms with Crippen molar-refractivity contribution in [1.29, 1.82) is 0 Å². The van der Waals surface area contributed by atoms with Gasteiger partial charge in [0.15, 0.2) is 0 Å². The maximum absolute atomic E-state index is 13.3. The highest BCUT2D eigenvalue weighted by Gasteiger charge is 2.12. The summed E-state index contributed by atoms with van der Waals surface area (Å²) >= 11 is 1.67. The lowest BCUT2D eigenvalue weighted by molar-refractivity contribution is 0.403. The minimum absolute atomic E-state index is 0.0264. The zero-order valence-corrected chi connectivity index (χ0v) is 16.7. The molecule has 0 fully saturated rings. The molecule has 0 atom stereocenters. The molecule has 28 heavy (non-hydrogen) atoms. The molecule has 2 aromatic heterocycles. The molecule has 1 aromatic carbocycles. The molecule has 1 aliphatic heterocycles. The van der Waals surface area contributed by atoms with Crippen molar-refractivity contribution in [2.75, 3.05) is 19.3 Å². The van der Waals surface area contributed by atoms with Crippen molar-refractivity contribution in [2.24, 2.45) is 0 Å². The van der Waals surface area contributed by atoms with Crippen LogP contribution in [0.4, 0.5) is 0 Å². The Bertz CT molecular complexity index is 1100. The van der Waals surface area contributed by atoms with E-state index in [0.717, 1.165) is 47.5 Å². The van der Waals surface area contributed by atoms with E-state index >= 15 is 0 Å². The summed E-state index contributed by atoms with van der Waals surface area (Å²) in [6, 6.07) is 14.0. The van der Waals surface area contributed by atoms with Crippen LogP contribution in [0, 0.1) is 0 Å². The molecular formula is C23H23N3OS. The van der Waals surface area contributed by atoms with Crippen molar-refractivity contribution in [1.82, 2.24) is 14.5 Å². The molecular weight excluding hydrogens is 366 g/mol. The van der Waals surface area contributed by atoms with E-state index in [1.54, 1.807) is 22.5 Å². The molecule has 0 amide bonds. The van der Waals surface area contributed by atoms with Gasteiger partial charge in [0.2, 0.25) is 0 Å². The second-order valence-electron chi connectivity index (χ2n) is 6.80. The number of allylic oxidation sites excluding steroid dienone is 2. The minimum atomic E-state index is 0.0264. The monoisotopic (exact) mass is 389 g/mol. The maximum atomic E-state index is 13.3. The smallest absolute Gasteiger partial charge is 0.259 e. The predicted molar refractivity (Wildman–Crippen MR) is 117 cm³/mol. The van der Waals surface area contributed by atoms with Crippen LogP contribution in [0.15, 0.2) is 82.8 Å². The summed E-state index contributed by atoms with van der Waals surface area (Å²) in [4.78, 5) is 21.2. The molecule has 0 aliphatic carbocycles. The van der Waals surface area contributed by atoms with Gasteiger partial charge in [-0.2, -0.15) is 0 Å². The molecule has 5 heteroatoms. The van der Waals surface area contributed by atoms with Gasteiger partial charge < -0.3 is 4.90 Å². The molecule has 0 saturated heterocycles.